The van der Waals surface area contributed by atoms with Crippen LogP contribution in [0.25, 0.3) is 16.7 Å². The number of benzene rings is 1. The Bertz CT molecular complexity index is 2410. The summed E-state index contributed by atoms with van der Waals surface area (Å²) in [5.74, 6) is -3.50. The molecule has 4 aliphatic rings. The predicted octanol–water partition coefficient (Wildman–Crippen LogP) is 5.74. The molecule has 1 saturated heterocycles. The molecule has 342 valence electrons. The van der Waals surface area contributed by atoms with Gasteiger partial charge in [0.05, 0.1) is 23.9 Å². The molecule has 7 atom stereocenters. The van der Waals surface area contributed by atoms with E-state index in [2.05, 4.69) is 15.1 Å². The van der Waals surface area contributed by atoms with Crippen LogP contribution in [0, 0.1) is 17.8 Å². The Hall–Kier alpha value is -5.40. The Morgan fingerprint density at radius 3 is 2.49 bits per heavy atom. The first kappa shape index (κ1) is 45.6. The molecule has 0 spiro atoms. The maximum absolute atomic E-state index is 15.3. The number of hydrogen-bond acceptors (Lipinski definition) is 10. The van der Waals surface area contributed by atoms with Gasteiger partial charge in [0.2, 0.25) is 21.8 Å². The van der Waals surface area contributed by atoms with Gasteiger partial charge in [0, 0.05) is 42.3 Å². The van der Waals surface area contributed by atoms with Crippen molar-refractivity contribution in [3.05, 3.63) is 54.9 Å². The summed E-state index contributed by atoms with van der Waals surface area (Å²) in [7, 11) is -2.65. The molecule has 0 unspecified atom stereocenters. The maximum atomic E-state index is 15.3. The largest absolute Gasteiger partial charge is 0.497 e. The minimum absolute atomic E-state index is 0.0409. The Kier molecular flexibility index (Phi) is 12.0. The van der Waals surface area contributed by atoms with Gasteiger partial charge in [0.25, 0.3) is 5.91 Å². The molecule has 16 nitrogen and oxygen atoms in total. The van der Waals surface area contributed by atoms with Crippen LogP contribution < -0.4 is 19.5 Å². The van der Waals surface area contributed by atoms with Crippen LogP contribution in [-0.4, -0.2) is 116 Å². The summed E-state index contributed by atoms with van der Waals surface area (Å²) >= 11 is 0. The molecule has 63 heavy (non-hydrogen) atoms. The van der Waals surface area contributed by atoms with E-state index < -0.39 is 85.9 Å². The lowest BCUT2D eigenvalue weighted by Gasteiger charge is -2.46. The number of carbonyl (C=O) groups excluding carboxylic acids is 3. The van der Waals surface area contributed by atoms with E-state index in [1.807, 2.05) is 13.0 Å². The molecule has 2 aliphatic heterocycles. The number of nitrogens with zero attached hydrogens (tertiary/aromatic N) is 5. The lowest BCUT2D eigenvalue weighted by atomic mass is 9.82. The van der Waals surface area contributed by atoms with Gasteiger partial charge in [-0.2, -0.15) is 18.3 Å². The fourth-order valence-corrected chi connectivity index (χ4v) is 10.2. The molecule has 0 radical (unpaired) electrons. The van der Waals surface area contributed by atoms with Gasteiger partial charge in [0.15, 0.2) is 5.82 Å². The lowest BCUT2D eigenvalue weighted by Crippen LogP contribution is -2.66. The van der Waals surface area contributed by atoms with E-state index in [-0.39, 0.29) is 48.8 Å². The number of halogens is 3. The van der Waals surface area contributed by atoms with Gasteiger partial charge in [-0.05, 0) is 89.3 Å². The van der Waals surface area contributed by atoms with Gasteiger partial charge >= 0.3 is 12.3 Å². The summed E-state index contributed by atoms with van der Waals surface area (Å²) in [6, 6.07) is 4.98. The van der Waals surface area contributed by atoms with Gasteiger partial charge in [-0.25, -0.2) is 22.9 Å². The molecule has 2 saturated carbocycles. The van der Waals surface area contributed by atoms with Crippen molar-refractivity contribution in [2.45, 2.75) is 126 Å². The second kappa shape index (κ2) is 16.6. The molecule has 1 aromatic carbocycles. The molecule has 7 rings (SSSR count). The summed E-state index contributed by atoms with van der Waals surface area (Å²) in [6.45, 7) is 6.11. The minimum atomic E-state index is -5.11. The topological polar surface area (TPSA) is 202 Å². The fourth-order valence-electron chi connectivity index (χ4n) is 8.86. The van der Waals surface area contributed by atoms with Gasteiger partial charge in [0.1, 0.15) is 40.8 Å². The zero-order chi connectivity index (χ0) is 45.9. The standard InChI is InChI=1S/C43H54F3N7O9S/c1-7-26-19-25(2)11-8-9-12-27-23-42(27,38(56)50-63(59,60)41(5)15-16-41)49-36(54)32-21-29(24-51(32)37(55)35(26)53(39(57)58)40(3,4)43(44,45)46)62-33-22-34(52-18-10-17-47-52)48-31-20-28(61-6)13-14-30(31)33/h9-10,12-14,17-18,20,22,25-27,29,32,35H,7-8,11,15-16,19,21,23-24H2,1-6H3,(H,49,54)(H,50,56)(H,57,58)/t25-,26-,27-,29-,32+,35+,42-/m1/s1. The monoisotopic (exact) mass is 901 g/mol. The van der Waals surface area contributed by atoms with Crippen LogP contribution in [0.5, 0.6) is 11.5 Å². The summed E-state index contributed by atoms with van der Waals surface area (Å²) < 4.78 is 85.9. The van der Waals surface area contributed by atoms with Gasteiger partial charge in [-0.1, -0.05) is 32.4 Å². The summed E-state index contributed by atoms with van der Waals surface area (Å²) in [5.41, 5.74) is -4.34. The average molecular weight is 902 g/mol. The number of fused-ring (bicyclic) bond motifs is 3. The first-order chi connectivity index (χ1) is 29.6. The van der Waals surface area contributed by atoms with Crippen LogP contribution in [0.3, 0.4) is 0 Å². The number of amides is 4. The lowest BCUT2D eigenvalue weighted by molar-refractivity contribution is -0.222. The van der Waals surface area contributed by atoms with Crippen molar-refractivity contribution < 1.29 is 55.3 Å². The fraction of sp³-hybridized carbons (Fsp3) is 0.581. The third kappa shape index (κ3) is 8.66. The zero-order valence-corrected chi connectivity index (χ0v) is 36.8. The van der Waals surface area contributed by atoms with E-state index in [0.29, 0.717) is 62.0 Å². The number of pyridine rings is 1. The number of nitrogens with one attached hydrogen (secondary N) is 2. The number of ether oxygens (including phenoxy) is 2. The second-order valence-electron chi connectivity index (χ2n) is 18.1. The van der Waals surface area contributed by atoms with Gasteiger partial charge in [-0.3, -0.25) is 24.0 Å². The molecule has 0 bridgehead atoms. The highest BCUT2D eigenvalue weighted by atomic mass is 32.2. The average Bonchev–Trinajstić information content (AvgIpc) is 3.97. The third-order valence-corrected chi connectivity index (χ3v) is 15.5. The Morgan fingerprint density at radius 2 is 1.87 bits per heavy atom. The van der Waals surface area contributed by atoms with E-state index in [1.165, 1.54) is 18.7 Å². The van der Waals surface area contributed by atoms with Crippen molar-refractivity contribution in [3.63, 3.8) is 0 Å². The number of hydrogen-bond donors (Lipinski definition) is 3. The number of allylic oxidation sites excluding steroid dienone is 1. The smallest absolute Gasteiger partial charge is 0.411 e. The van der Waals surface area contributed by atoms with Crippen LogP contribution in [0.1, 0.15) is 86.0 Å². The number of aromatic nitrogens is 3. The molecule has 3 N–H and O–H groups in total. The van der Waals surface area contributed by atoms with Crippen molar-refractivity contribution in [2.24, 2.45) is 17.8 Å². The van der Waals surface area contributed by atoms with E-state index in [0.717, 1.165) is 4.90 Å². The number of sulfonamides is 1. The van der Waals surface area contributed by atoms with E-state index in [1.54, 1.807) is 55.7 Å². The molecule has 2 aromatic heterocycles. The molecular formula is C43H54F3N7O9S. The normalized spacial score (nSPS) is 27.6. The molecule has 4 heterocycles. The van der Waals surface area contributed by atoms with Crippen molar-refractivity contribution in [2.75, 3.05) is 13.7 Å². The van der Waals surface area contributed by atoms with Crippen LogP contribution in [0.2, 0.25) is 0 Å². The van der Waals surface area contributed by atoms with Crippen LogP contribution in [-0.2, 0) is 24.4 Å². The molecule has 20 heteroatoms. The number of carbonyl (C=O) groups is 4. The van der Waals surface area contributed by atoms with Crippen LogP contribution in [0.4, 0.5) is 18.0 Å². The third-order valence-electron chi connectivity index (χ3n) is 13.3. The molecule has 3 aromatic rings. The number of carboxylic acid groups (broad SMARTS) is 1. The number of methoxy groups -OCH3 is 1. The Balaban J connectivity index is 1.33. The maximum Gasteiger partial charge on any atom is 0.411 e. The molecular weight excluding hydrogens is 848 g/mol. The van der Waals surface area contributed by atoms with Gasteiger partial charge < -0.3 is 24.8 Å². The second-order valence-corrected chi connectivity index (χ2v) is 20.3. The van der Waals surface area contributed by atoms with Crippen LogP contribution in [0.15, 0.2) is 54.9 Å². The Labute approximate surface area is 363 Å². The summed E-state index contributed by atoms with van der Waals surface area (Å²) in [6.07, 6.45) is 0.457. The van der Waals surface area contributed by atoms with Crippen molar-refractivity contribution in [3.8, 4) is 17.3 Å². The first-order valence-corrected chi connectivity index (χ1v) is 22.6. The molecule has 4 amide bonds. The highest BCUT2D eigenvalue weighted by Gasteiger charge is 2.64. The van der Waals surface area contributed by atoms with Crippen LogP contribution >= 0.6 is 0 Å². The number of alkyl halides is 3. The predicted molar refractivity (Wildman–Crippen MR) is 223 cm³/mol. The van der Waals surface area contributed by atoms with E-state index in [4.69, 9.17) is 14.5 Å². The SMILES string of the molecule is CC[C@@H]1C[C@H](C)CCC=C[C@@H]2C[C@@]2(C(=O)NS(=O)(=O)C2(C)CC2)NC(=O)[C@@H]2C[C@@H](Oc3cc(-n4cccn4)nc4cc(OC)ccc34)CN2C(=O)[C@H]1N(C(=O)O)C(C)(C)C(F)(F)F. The quantitative estimate of drug-likeness (QED) is 0.210. The highest BCUT2D eigenvalue weighted by molar-refractivity contribution is 7.91. The molecule has 2 aliphatic carbocycles. The summed E-state index contributed by atoms with van der Waals surface area (Å²) in [5, 5.41) is 18.2. The number of rotatable bonds is 10. The Morgan fingerprint density at radius 1 is 1.14 bits per heavy atom. The van der Waals surface area contributed by atoms with E-state index in [9.17, 15) is 41.1 Å². The van der Waals surface area contributed by atoms with Crippen molar-refractivity contribution in [1.82, 2.24) is 34.6 Å². The van der Waals surface area contributed by atoms with Crippen molar-refractivity contribution in [1.29, 1.82) is 0 Å². The zero-order valence-electron chi connectivity index (χ0n) is 36.0. The first-order valence-electron chi connectivity index (χ1n) is 21.2. The minimum Gasteiger partial charge on any atom is -0.497 e. The van der Waals surface area contributed by atoms with Crippen molar-refractivity contribution >= 4 is 44.7 Å². The van der Waals surface area contributed by atoms with Gasteiger partial charge in [-0.15, -0.1) is 0 Å². The van der Waals surface area contributed by atoms with E-state index >= 15 is 4.79 Å². The molecule has 3 fully saturated rings. The highest BCUT2D eigenvalue weighted by Crippen LogP contribution is 2.48. The summed E-state index contributed by atoms with van der Waals surface area (Å²) in [4.78, 5) is 63.3.